The second-order valence-corrected chi connectivity index (χ2v) is 2.60. The van der Waals surface area contributed by atoms with Crippen molar-refractivity contribution in [2.24, 2.45) is 0 Å². The molecule has 0 saturated heterocycles. The van der Waals surface area contributed by atoms with Gasteiger partial charge < -0.3 is 9.47 Å². The SMILES string of the molecule is CCCOCCCCCO[C]=O. The van der Waals surface area contributed by atoms with E-state index in [1.165, 1.54) is 6.47 Å². The fourth-order valence-electron chi connectivity index (χ4n) is 0.843. The molecule has 0 aromatic carbocycles. The third-order valence-corrected chi connectivity index (χ3v) is 1.44. The van der Waals surface area contributed by atoms with Crippen LogP contribution >= 0.6 is 0 Å². The van der Waals surface area contributed by atoms with Crippen molar-refractivity contribution < 1.29 is 14.3 Å². The molecule has 3 nitrogen and oxygen atoms in total. The summed E-state index contributed by atoms with van der Waals surface area (Å²) in [6.07, 6.45) is 4.07. The highest BCUT2D eigenvalue weighted by molar-refractivity contribution is 5.37. The summed E-state index contributed by atoms with van der Waals surface area (Å²) in [4.78, 5) is 9.61. The Kier molecular flexibility index (Phi) is 9.93. The highest BCUT2D eigenvalue weighted by Gasteiger charge is 1.90. The van der Waals surface area contributed by atoms with E-state index in [1.807, 2.05) is 0 Å². The van der Waals surface area contributed by atoms with Gasteiger partial charge in [-0.3, -0.25) is 0 Å². The quantitative estimate of drug-likeness (QED) is 0.497. The van der Waals surface area contributed by atoms with Gasteiger partial charge in [-0.2, -0.15) is 0 Å². The van der Waals surface area contributed by atoms with Gasteiger partial charge in [0.1, 0.15) is 0 Å². The molecule has 0 aromatic rings. The van der Waals surface area contributed by atoms with Crippen LogP contribution in [0.4, 0.5) is 0 Å². The van der Waals surface area contributed by atoms with E-state index in [0.29, 0.717) is 6.61 Å². The summed E-state index contributed by atoms with van der Waals surface area (Å²) >= 11 is 0. The predicted octanol–water partition coefficient (Wildman–Crippen LogP) is 1.67. The second kappa shape index (κ2) is 10.4. The minimum atomic E-state index is 0.483. The van der Waals surface area contributed by atoms with Gasteiger partial charge in [-0.25, -0.2) is 4.79 Å². The molecule has 0 aliphatic carbocycles. The Morgan fingerprint density at radius 1 is 1.08 bits per heavy atom. The molecule has 0 bridgehead atoms. The molecule has 3 heteroatoms. The molecule has 0 saturated carbocycles. The molecule has 1 radical (unpaired) electrons. The van der Waals surface area contributed by atoms with Crippen molar-refractivity contribution >= 4 is 6.47 Å². The van der Waals surface area contributed by atoms with Gasteiger partial charge in [0.2, 0.25) is 0 Å². The summed E-state index contributed by atoms with van der Waals surface area (Å²) < 4.78 is 9.69. The van der Waals surface area contributed by atoms with E-state index >= 15 is 0 Å². The molecule has 0 aromatic heterocycles. The maximum atomic E-state index is 9.61. The average molecular weight is 173 g/mol. The van der Waals surface area contributed by atoms with E-state index < -0.39 is 0 Å². The summed E-state index contributed by atoms with van der Waals surface area (Å²) in [5, 5.41) is 0. The van der Waals surface area contributed by atoms with Crippen molar-refractivity contribution in [3.8, 4) is 0 Å². The zero-order valence-electron chi connectivity index (χ0n) is 7.67. The van der Waals surface area contributed by atoms with Crippen molar-refractivity contribution in [3.63, 3.8) is 0 Å². The van der Waals surface area contributed by atoms with Crippen LogP contribution in [0.2, 0.25) is 0 Å². The van der Waals surface area contributed by atoms with Crippen LogP contribution in [-0.2, 0) is 14.3 Å². The molecule has 0 heterocycles. The van der Waals surface area contributed by atoms with E-state index in [1.54, 1.807) is 0 Å². The van der Waals surface area contributed by atoms with Gasteiger partial charge in [-0.1, -0.05) is 6.92 Å². The molecule has 0 rings (SSSR count). The molecule has 12 heavy (non-hydrogen) atoms. The molecule has 0 N–H and O–H groups in total. The lowest BCUT2D eigenvalue weighted by Crippen LogP contribution is -1.97. The molecule has 0 amide bonds. The maximum absolute atomic E-state index is 9.61. The van der Waals surface area contributed by atoms with E-state index in [4.69, 9.17) is 4.74 Å². The van der Waals surface area contributed by atoms with E-state index in [0.717, 1.165) is 38.9 Å². The molecule has 0 aliphatic rings. The highest BCUT2D eigenvalue weighted by atomic mass is 16.5. The molecule has 0 spiro atoms. The Morgan fingerprint density at radius 2 is 1.83 bits per heavy atom. The van der Waals surface area contributed by atoms with Gasteiger partial charge in [0.15, 0.2) is 0 Å². The first-order valence-corrected chi connectivity index (χ1v) is 4.48. The molecular weight excluding hydrogens is 156 g/mol. The third-order valence-electron chi connectivity index (χ3n) is 1.44. The van der Waals surface area contributed by atoms with Crippen LogP contribution in [0.5, 0.6) is 0 Å². The fraction of sp³-hybridized carbons (Fsp3) is 0.889. The van der Waals surface area contributed by atoms with Crippen LogP contribution < -0.4 is 0 Å². The van der Waals surface area contributed by atoms with Crippen LogP contribution in [0.15, 0.2) is 0 Å². The third kappa shape index (κ3) is 9.43. The standard InChI is InChI=1S/C9H17O3/c1-2-6-11-7-4-3-5-8-12-9-10/h2-8H2,1H3. The van der Waals surface area contributed by atoms with Gasteiger partial charge in [0, 0.05) is 13.2 Å². The van der Waals surface area contributed by atoms with Crippen molar-refractivity contribution in [1.29, 1.82) is 0 Å². The van der Waals surface area contributed by atoms with Crippen LogP contribution in [0.1, 0.15) is 32.6 Å². The van der Waals surface area contributed by atoms with Gasteiger partial charge in [-0.05, 0) is 25.7 Å². The topological polar surface area (TPSA) is 35.5 Å². The van der Waals surface area contributed by atoms with Crippen molar-refractivity contribution in [2.45, 2.75) is 32.6 Å². The number of unbranched alkanes of at least 4 members (excludes halogenated alkanes) is 2. The summed E-state index contributed by atoms with van der Waals surface area (Å²) in [6, 6.07) is 0. The monoisotopic (exact) mass is 173 g/mol. The first-order chi connectivity index (χ1) is 5.91. The van der Waals surface area contributed by atoms with E-state index in [2.05, 4.69) is 11.7 Å². The summed E-state index contributed by atoms with van der Waals surface area (Å²) in [6.45, 7) is 5.64. The lowest BCUT2D eigenvalue weighted by Gasteiger charge is -2.01. The van der Waals surface area contributed by atoms with Crippen LogP contribution in [0.25, 0.3) is 0 Å². The zero-order valence-corrected chi connectivity index (χ0v) is 7.67. The van der Waals surface area contributed by atoms with Crippen LogP contribution in [0.3, 0.4) is 0 Å². The summed E-state index contributed by atoms with van der Waals surface area (Å²) in [5.41, 5.74) is 0. The van der Waals surface area contributed by atoms with Crippen LogP contribution in [0, 0.1) is 0 Å². The molecule has 0 atom stereocenters. The maximum Gasteiger partial charge on any atom is 0.417 e. The lowest BCUT2D eigenvalue weighted by molar-refractivity contribution is 0.129. The van der Waals surface area contributed by atoms with Crippen molar-refractivity contribution in [2.75, 3.05) is 19.8 Å². The Hall–Kier alpha value is -0.570. The van der Waals surface area contributed by atoms with Gasteiger partial charge in [0.05, 0.1) is 6.61 Å². The number of hydrogen-bond donors (Lipinski definition) is 0. The number of carbonyl (C=O) groups excluding carboxylic acids is 1. The Bertz CT molecular complexity index is 93.8. The van der Waals surface area contributed by atoms with Gasteiger partial charge >= 0.3 is 6.47 Å². The molecule has 0 unspecified atom stereocenters. The molecule has 0 fully saturated rings. The molecular formula is C9H17O3. The molecule has 0 aliphatic heterocycles. The summed E-state index contributed by atoms with van der Waals surface area (Å²) in [5.74, 6) is 0. The van der Waals surface area contributed by atoms with Crippen molar-refractivity contribution in [1.82, 2.24) is 0 Å². The Morgan fingerprint density at radius 3 is 2.50 bits per heavy atom. The summed E-state index contributed by atoms with van der Waals surface area (Å²) in [7, 11) is 0. The van der Waals surface area contributed by atoms with E-state index in [9.17, 15) is 4.79 Å². The average Bonchev–Trinajstić information content (AvgIpc) is 2.10. The smallest absolute Gasteiger partial charge is 0.417 e. The highest BCUT2D eigenvalue weighted by Crippen LogP contribution is 1.96. The number of ether oxygens (including phenoxy) is 2. The largest absolute Gasteiger partial charge is 0.457 e. The van der Waals surface area contributed by atoms with E-state index in [-0.39, 0.29) is 0 Å². The normalized spacial score (nSPS) is 9.75. The van der Waals surface area contributed by atoms with Gasteiger partial charge in [-0.15, -0.1) is 0 Å². The minimum Gasteiger partial charge on any atom is -0.457 e. The first kappa shape index (κ1) is 11.4. The number of hydrogen-bond acceptors (Lipinski definition) is 3. The Balaban J connectivity index is 2.77. The molecule has 71 valence electrons. The first-order valence-electron chi connectivity index (χ1n) is 4.48. The Labute approximate surface area is 74.0 Å². The zero-order chi connectivity index (χ0) is 9.07. The fourth-order valence-corrected chi connectivity index (χ4v) is 0.843. The second-order valence-electron chi connectivity index (χ2n) is 2.60. The van der Waals surface area contributed by atoms with Crippen LogP contribution in [-0.4, -0.2) is 26.3 Å². The van der Waals surface area contributed by atoms with Gasteiger partial charge in [0.25, 0.3) is 0 Å². The number of rotatable bonds is 9. The predicted molar refractivity (Wildman–Crippen MR) is 46.6 cm³/mol. The minimum absolute atomic E-state index is 0.483. The lowest BCUT2D eigenvalue weighted by atomic mass is 10.2. The van der Waals surface area contributed by atoms with Crippen molar-refractivity contribution in [3.05, 3.63) is 0 Å².